The SMILES string of the molecule is N=c1ccc2c(-c3nccnc3C(=O)O)c3ccc(N)c(S(=O)(=O)O)c3oc-2c1S(=O)(=O)O. The normalized spacial score (nSPS) is 12.3. The zero-order valence-electron chi connectivity index (χ0n) is 16.0. The van der Waals surface area contributed by atoms with Crippen LogP contribution in [0.2, 0.25) is 0 Å². The number of aromatic nitrogens is 2. The second-order valence-electron chi connectivity index (χ2n) is 6.67. The summed E-state index contributed by atoms with van der Waals surface area (Å²) in [4.78, 5) is 17.6. The number of hydrogen-bond acceptors (Lipinski definition) is 10. The number of nitrogens with two attached hydrogens (primary N) is 1. The Hall–Kier alpha value is -3.92. The number of hydrogen-bond donors (Lipinski definition) is 5. The van der Waals surface area contributed by atoms with Crippen molar-refractivity contribution in [1.29, 1.82) is 5.41 Å². The minimum atomic E-state index is -5.09. The molecule has 0 radical (unpaired) electrons. The fourth-order valence-corrected chi connectivity index (χ4v) is 4.92. The van der Waals surface area contributed by atoms with E-state index in [1.165, 1.54) is 12.1 Å². The summed E-state index contributed by atoms with van der Waals surface area (Å²) >= 11 is 0. The Kier molecular flexibility index (Phi) is 4.93. The van der Waals surface area contributed by atoms with Crippen LogP contribution in [-0.4, -0.2) is 47.0 Å². The quantitative estimate of drug-likeness (QED) is 0.154. The Morgan fingerprint density at radius 3 is 2.21 bits per heavy atom. The Morgan fingerprint density at radius 2 is 1.61 bits per heavy atom. The first kappa shape index (κ1) is 22.3. The van der Waals surface area contributed by atoms with Gasteiger partial charge in [0.05, 0.1) is 11.0 Å². The first-order valence-electron chi connectivity index (χ1n) is 8.68. The summed E-state index contributed by atoms with van der Waals surface area (Å²) in [7, 11) is -10.1. The number of anilines is 1. The van der Waals surface area contributed by atoms with E-state index in [1.807, 2.05) is 0 Å². The van der Waals surface area contributed by atoms with Gasteiger partial charge in [-0.15, -0.1) is 0 Å². The number of benzene rings is 2. The maximum Gasteiger partial charge on any atom is 0.356 e. The van der Waals surface area contributed by atoms with Gasteiger partial charge in [0.2, 0.25) is 0 Å². The van der Waals surface area contributed by atoms with Crippen LogP contribution in [-0.2, 0) is 20.2 Å². The third kappa shape index (κ3) is 3.58. The smallest absolute Gasteiger partial charge is 0.356 e. The molecule has 1 aliphatic heterocycles. The summed E-state index contributed by atoms with van der Waals surface area (Å²) in [5.74, 6) is -2.19. The van der Waals surface area contributed by atoms with Gasteiger partial charge in [-0.1, -0.05) is 0 Å². The van der Waals surface area contributed by atoms with Crippen molar-refractivity contribution in [2.24, 2.45) is 0 Å². The van der Waals surface area contributed by atoms with Gasteiger partial charge in [0.15, 0.2) is 26.8 Å². The average Bonchev–Trinajstić information content (AvgIpc) is 2.69. The van der Waals surface area contributed by atoms with E-state index >= 15 is 0 Å². The number of nitrogen functional groups attached to an aromatic ring is 1. The van der Waals surface area contributed by atoms with Crippen LogP contribution in [0, 0.1) is 5.41 Å². The summed E-state index contributed by atoms with van der Waals surface area (Å²) in [6.07, 6.45) is 2.24. The molecule has 0 saturated carbocycles. The first-order chi connectivity index (χ1) is 15.3. The second-order valence-corrected chi connectivity index (χ2v) is 9.38. The highest BCUT2D eigenvalue weighted by atomic mass is 32.2. The van der Waals surface area contributed by atoms with Crippen LogP contribution < -0.4 is 11.1 Å². The van der Waals surface area contributed by atoms with Crippen LogP contribution in [0.15, 0.2) is 50.9 Å². The molecular formula is C18H12N4O9S2. The number of carbonyl (C=O) groups is 1. The van der Waals surface area contributed by atoms with Crippen molar-refractivity contribution >= 4 is 42.9 Å². The Balaban J connectivity index is 2.40. The number of rotatable bonds is 4. The van der Waals surface area contributed by atoms with Gasteiger partial charge >= 0.3 is 5.97 Å². The van der Waals surface area contributed by atoms with Crippen molar-refractivity contribution in [3.63, 3.8) is 0 Å². The van der Waals surface area contributed by atoms with Gasteiger partial charge in [-0.25, -0.2) is 9.78 Å². The topological polar surface area (TPSA) is 235 Å². The molecule has 170 valence electrons. The van der Waals surface area contributed by atoms with Crippen molar-refractivity contribution < 1.29 is 40.3 Å². The molecule has 2 aliphatic rings. The molecule has 4 rings (SSSR count). The molecule has 6 N–H and O–H groups in total. The number of fused-ring (bicyclic) bond motifs is 2. The molecule has 0 unspecified atom stereocenters. The fourth-order valence-electron chi connectivity index (χ4n) is 3.44. The first-order valence-corrected chi connectivity index (χ1v) is 11.6. The predicted octanol–water partition coefficient (Wildman–Crippen LogP) is 1.25. The molecule has 0 fully saturated rings. The predicted molar refractivity (Wildman–Crippen MR) is 111 cm³/mol. The second kappa shape index (κ2) is 7.31. The lowest BCUT2D eigenvalue weighted by Crippen LogP contribution is -2.17. The average molecular weight is 492 g/mol. The Morgan fingerprint density at radius 1 is 0.970 bits per heavy atom. The molecule has 33 heavy (non-hydrogen) atoms. The highest BCUT2D eigenvalue weighted by molar-refractivity contribution is 7.86. The molecule has 0 spiro atoms. The fraction of sp³-hybridized carbons (Fsp3) is 0. The van der Waals surface area contributed by atoms with Gasteiger partial charge in [-0.2, -0.15) is 16.8 Å². The van der Waals surface area contributed by atoms with Crippen LogP contribution in [0.5, 0.6) is 0 Å². The third-order valence-corrected chi connectivity index (χ3v) is 6.51. The van der Waals surface area contributed by atoms with E-state index in [1.54, 1.807) is 0 Å². The summed E-state index contributed by atoms with van der Waals surface area (Å²) in [6.45, 7) is 0. The molecule has 15 heteroatoms. The van der Waals surface area contributed by atoms with Gasteiger partial charge in [0.1, 0.15) is 5.69 Å². The Bertz CT molecular complexity index is 1730. The minimum absolute atomic E-state index is 0.119. The van der Waals surface area contributed by atoms with Gasteiger partial charge in [0, 0.05) is 28.9 Å². The van der Waals surface area contributed by atoms with Crippen LogP contribution in [0.4, 0.5) is 5.69 Å². The standard InChI is InChI=1S/C18H12N4O9S2/c19-9-3-1-7-11(12-13(18(23)24)22-6-5-21-12)8-2-4-10(20)17(33(28,29)30)15(8)31-14(7)16(9)32(25,26)27/h1-6,19H,20H2,(H,23,24)(H,25,26,27)(H,28,29,30). The highest BCUT2D eigenvalue weighted by Crippen LogP contribution is 2.44. The van der Waals surface area contributed by atoms with Crippen LogP contribution >= 0.6 is 0 Å². The van der Waals surface area contributed by atoms with Crippen molar-refractivity contribution in [2.45, 2.75) is 9.79 Å². The maximum atomic E-state index is 12.1. The lowest BCUT2D eigenvalue weighted by Gasteiger charge is -2.18. The summed E-state index contributed by atoms with van der Waals surface area (Å²) in [5, 5.41) is 16.7. The van der Waals surface area contributed by atoms with Crippen molar-refractivity contribution in [2.75, 3.05) is 5.73 Å². The number of aromatic carboxylic acids is 1. The molecule has 0 atom stereocenters. The molecule has 13 nitrogen and oxygen atoms in total. The van der Waals surface area contributed by atoms with Gasteiger partial charge in [0.25, 0.3) is 20.2 Å². The highest BCUT2D eigenvalue weighted by Gasteiger charge is 2.32. The largest absolute Gasteiger partial charge is 0.476 e. The van der Waals surface area contributed by atoms with E-state index < -0.39 is 64.1 Å². The van der Waals surface area contributed by atoms with E-state index in [4.69, 9.17) is 15.6 Å². The number of nitrogens with one attached hydrogen (secondary N) is 1. The molecule has 1 aliphatic carbocycles. The van der Waals surface area contributed by atoms with Crippen molar-refractivity contribution in [3.8, 4) is 22.6 Å². The molecule has 2 aromatic rings. The van der Waals surface area contributed by atoms with Gasteiger partial charge < -0.3 is 15.3 Å². The number of carboxylic acids is 1. The minimum Gasteiger partial charge on any atom is -0.476 e. The van der Waals surface area contributed by atoms with Crippen LogP contribution in [0.25, 0.3) is 33.6 Å². The molecule has 2 heterocycles. The van der Waals surface area contributed by atoms with E-state index in [2.05, 4.69) is 9.97 Å². The van der Waals surface area contributed by atoms with Crippen molar-refractivity contribution in [3.05, 3.63) is 47.7 Å². The van der Waals surface area contributed by atoms with E-state index in [0.29, 0.717) is 0 Å². The van der Waals surface area contributed by atoms with E-state index in [-0.39, 0.29) is 22.2 Å². The molecular weight excluding hydrogens is 480 g/mol. The molecule has 1 aromatic carbocycles. The summed E-state index contributed by atoms with van der Waals surface area (Å²) in [5.41, 5.74) is 3.43. The molecule has 0 saturated heterocycles. The zero-order chi connectivity index (χ0) is 24.3. The summed E-state index contributed by atoms with van der Waals surface area (Å²) in [6, 6.07) is 4.57. The number of nitrogens with zero attached hydrogens (tertiary/aromatic N) is 2. The lowest BCUT2D eigenvalue weighted by molar-refractivity contribution is 0.0691. The van der Waals surface area contributed by atoms with E-state index in [9.17, 15) is 35.8 Å². The summed E-state index contributed by atoms with van der Waals surface area (Å²) < 4.78 is 73.2. The third-order valence-electron chi connectivity index (χ3n) is 4.65. The lowest BCUT2D eigenvalue weighted by atomic mass is 9.95. The monoisotopic (exact) mass is 492 g/mol. The van der Waals surface area contributed by atoms with E-state index in [0.717, 1.165) is 24.5 Å². The zero-order valence-corrected chi connectivity index (χ0v) is 17.7. The van der Waals surface area contributed by atoms with Gasteiger partial charge in [-0.05, 0) is 24.3 Å². The molecule has 1 aromatic heterocycles. The van der Waals surface area contributed by atoms with Gasteiger partial charge in [-0.3, -0.25) is 19.5 Å². The van der Waals surface area contributed by atoms with Crippen molar-refractivity contribution in [1.82, 2.24) is 9.97 Å². The van der Waals surface area contributed by atoms with Crippen LogP contribution in [0.3, 0.4) is 0 Å². The number of carboxylic acid groups (broad SMARTS) is 1. The maximum absolute atomic E-state index is 12.1. The van der Waals surface area contributed by atoms with Crippen LogP contribution in [0.1, 0.15) is 10.5 Å². The molecule has 0 amide bonds. The Labute approximate surface area is 184 Å². The molecule has 0 bridgehead atoms.